The number of anilines is 1. The van der Waals surface area contributed by atoms with Crippen LogP contribution in [-0.2, 0) is 24.2 Å². The highest BCUT2D eigenvalue weighted by Gasteiger charge is 2.11. The van der Waals surface area contributed by atoms with Gasteiger partial charge in [-0.05, 0) is 31.0 Å². The van der Waals surface area contributed by atoms with Crippen LogP contribution >= 0.6 is 0 Å². The first kappa shape index (κ1) is 14.8. The van der Waals surface area contributed by atoms with Crippen LogP contribution in [-0.4, -0.2) is 15.7 Å². The highest BCUT2D eigenvalue weighted by Crippen LogP contribution is 2.14. The highest BCUT2D eigenvalue weighted by molar-refractivity contribution is 5.91. The number of hydrogen-bond donors (Lipinski definition) is 1. The smallest absolute Gasteiger partial charge is 0.246 e. The summed E-state index contributed by atoms with van der Waals surface area (Å²) < 4.78 is 1.73. The fourth-order valence-corrected chi connectivity index (χ4v) is 2.12. The highest BCUT2D eigenvalue weighted by atomic mass is 16.2. The van der Waals surface area contributed by atoms with Crippen molar-refractivity contribution in [2.45, 2.75) is 33.2 Å². The Morgan fingerprint density at radius 1 is 1.33 bits per heavy atom. The molecule has 1 aromatic heterocycles. The first-order chi connectivity index (χ1) is 10.2. The summed E-state index contributed by atoms with van der Waals surface area (Å²) in [6, 6.07) is 11.0. The summed E-state index contributed by atoms with van der Waals surface area (Å²) in [5.74, 6) is -0.182. The van der Waals surface area contributed by atoms with E-state index >= 15 is 0 Å². The van der Waals surface area contributed by atoms with E-state index in [1.54, 1.807) is 28.9 Å². The first-order valence-corrected chi connectivity index (χ1v) is 7.02. The van der Waals surface area contributed by atoms with E-state index < -0.39 is 0 Å². The summed E-state index contributed by atoms with van der Waals surface area (Å²) >= 11 is 0. The van der Waals surface area contributed by atoms with Crippen molar-refractivity contribution in [2.75, 3.05) is 5.32 Å². The zero-order chi connectivity index (χ0) is 15.2. The lowest BCUT2D eigenvalue weighted by molar-refractivity contribution is -0.116. The van der Waals surface area contributed by atoms with Gasteiger partial charge in [-0.15, -0.1) is 0 Å². The standard InChI is InChI=1S/C16H18N4O/c1-3-13-9-14(4-2)20(19-13)11-16(21)18-15-8-6-5-7-12(15)10-17/h5-9H,3-4,11H2,1-2H3,(H,18,21). The van der Waals surface area contributed by atoms with Crippen LogP contribution in [0.4, 0.5) is 5.69 Å². The minimum atomic E-state index is -0.182. The zero-order valence-corrected chi connectivity index (χ0v) is 12.3. The molecule has 2 rings (SSSR count). The van der Waals surface area contributed by atoms with Gasteiger partial charge in [0.05, 0.1) is 16.9 Å². The van der Waals surface area contributed by atoms with Gasteiger partial charge in [-0.1, -0.05) is 26.0 Å². The minimum absolute atomic E-state index is 0.156. The van der Waals surface area contributed by atoms with Gasteiger partial charge in [0.1, 0.15) is 12.6 Å². The number of hydrogen-bond acceptors (Lipinski definition) is 3. The van der Waals surface area contributed by atoms with Crippen LogP contribution < -0.4 is 5.32 Å². The molecule has 1 aromatic carbocycles. The number of carbonyl (C=O) groups excluding carboxylic acids is 1. The number of rotatable bonds is 5. The van der Waals surface area contributed by atoms with E-state index in [2.05, 4.69) is 16.5 Å². The SMILES string of the molecule is CCc1cc(CC)n(CC(=O)Nc2ccccc2C#N)n1. The molecule has 1 amide bonds. The maximum atomic E-state index is 12.1. The first-order valence-electron chi connectivity index (χ1n) is 7.02. The molecule has 0 bridgehead atoms. The average molecular weight is 282 g/mol. The third-order valence-electron chi connectivity index (χ3n) is 3.25. The van der Waals surface area contributed by atoms with Crippen molar-refractivity contribution in [1.29, 1.82) is 5.26 Å². The molecule has 5 nitrogen and oxygen atoms in total. The van der Waals surface area contributed by atoms with Gasteiger partial charge in [0.2, 0.25) is 5.91 Å². The fraction of sp³-hybridized carbons (Fsp3) is 0.312. The Bertz CT molecular complexity index is 682. The molecule has 1 N–H and O–H groups in total. The van der Waals surface area contributed by atoms with Gasteiger partial charge in [0.15, 0.2) is 0 Å². The fourth-order valence-electron chi connectivity index (χ4n) is 2.12. The van der Waals surface area contributed by atoms with E-state index in [1.807, 2.05) is 19.9 Å². The Balaban J connectivity index is 2.12. The van der Waals surface area contributed by atoms with Gasteiger partial charge in [0, 0.05) is 5.69 Å². The largest absolute Gasteiger partial charge is 0.323 e. The average Bonchev–Trinajstić information content (AvgIpc) is 2.89. The molecule has 0 atom stereocenters. The second-order valence-corrected chi connectivity index (χ2v) is 4.70. The molecule has 0 aliphatic rings. The predicted octanol–water partition coefficient (Wildman–Crippen LogP) is 2.52. The molecule has 0 spiro atoms. The molecule has 5 heteroatoms. The van der Waals surface area contributed by atoms with Crippen LogP contribution in [0.3, 0.4) is 0 Å². The monoisotopic (exact) mass is 282 g/mol. The lowest BCUT2D eigenvalue weighted by Crippen LogP contribution is -2.21. The molecule has 0 aliphatic heterocycles. The second kappa shape index (κ2) is 6.71. The Morgan fingerprint density at radius 2 is 2.10 bits per heavy atom. The molecule has 0 radical (unpaired) electrons. The molecular weight excluding hydrogens is 264 g/mol. The van der Waals surface area contributed by atoms with Gasteiger partial charge in [-0.3, -0.25) is 9.48 Å². The molecule has 0 saturated heterocycles. The van der Waals surface area contributed by atoms with Crippen molar-refractivity contribution in [3.8, 4) is 6.07 Å². The van der Waals surface area contributed by atoms with Crippen LogP contribution in [0, 0.1) is 11.3 Å². The van der Waals surface area contributed by atoms with Crippen LogP contribution in [0.25, 0.3) is 0 Å². The van der Waals surface area contributed by atoms with Crippen LogP contribution in [0.15, 0.2) is 30.3 Å². The molecule has 0 unspecified atom stereocenters. The Hall–Kier alpha value is -2.61. The Labute approximate surface area is 124 Å². The summed E-state index contributed by atoms with van der Waals surface area (Å²) in [5.41, 5.74) is 3.01. The number of aromatic nitrogens is 2. The third kappa shape index (κ3) is 3.48. The minimum Gasteiger partial charge on any atom is -0.323 e. The number of carbonyl (C=O) groups is 1. The summed E-state index contributed by atoms with van der Waals surface area (Å²) in [7, 11) is 0. The van der Waals surface area contributed by atoms with E-state index in [0.717, 1.165) is 24.2 Å². The van der Waals surface area contributed by atoms with Gasteiger partial charge < -0.3 is 5.32 Å². The van der Waals surface area contributed by atoms with Crippen molar-refractivity contribution < 1.29 is 4.79 Å². The topological polar surface area (TPSA) is 70.7 Å². The normalized spacial score (nSPS) is 10.1. The summed E-state index contributed by atoms with van der Waals surface area (Å²) in [4.78, 5) is 12.1. The summed E-state index contributed by atoms with van der Waals surface area (Å²) in [6.45, 7) is 4.23. The molecule has 1 heterocycles. The van der Waals surface area contributed by atoms with Crippen LogP contribution in [0.2, 0.25) is 0 Å². The van der Waals surface area contributed by atoms with E-state index in [0.29, 0.717) is 11.3 Å². The van der Waals surface area contributed by atoms with E-state index in [9.17, 15) is 4.79 Å². The molecule has 108 valence electrons. The van der Waals surface area contributed by atoms with Gasteiger partial charge in [0.25, 0.3) is 0 Å². The molecule has 0 aliphatic carbocycles. The molecule has 0 saturated carbocycles. The van der Waals surface area contributed by atoms with Crippen LogP contribution in [0.5, 0.6) is 0 Å². The Kier molecular flexibility index (Phi) is 4.72. The lowest BCUT2D eigenvalue weighted by atomic mass is 10.2. The predicted molar refractivity (Wildman–Crippen MR) is 80.8 cm³/mol. The number of nitriles is 1. The zero-order valence-electron chi connectivity index (χ0n) is 12.3. The van der Waals surface area contributed by atoms with Crippen LogP contribution in [0.1, 0.15) is 30.8 Å². The van der Waals surface area contributed by atoms with Crippen molar-refractivity contribution in [3.05, 3.63) is 47.3 Å². The van der Waals surface area contributed by atoms with Crippen molar-refractivity contribution in [1.82, 2.24) is 9.78 Å². The van der Waals surface area contributed by atoms with Crippen molar-refractivity contribution in [2.24, 2.45) is 0 Å². The summed E-state index contributed by atoms with van der Waals surface area (Å²) in [6.07, 6.45) is 1.67. The maximum Gasteiger partial charge on any atom is 0.246 e. The number of nitrogens with one attached hydrogen (secondary N) is 1. The lowest BCUT2D eigenvalue weighted by Gasteiger charge is -2.08. The number of benzene rings is 1. The molecule has 0 fully saturated rings. The van der Waals surface area contributed by atoms with E-state index in [-0.39, 0.29) is 12.5 Å². The summed E-state index contributed by atoms with van der Waals surface area (Å²) in [5, 5.41) is 16.2. The van der Waals surface area contributed by atoms with E-state index in [4.69, 9.17) is 5.26 Å². The maximum absolute atomic E-state index is 12.1. The second-order valence-electron chi connectivity index (χ2n) is 4.70. The third-order valence-corrected chi connectivity index (χ3v) is 3.25. The Morgan fingerprint density at radius 3 is 2.76 bits per heavy atom. The number of nitrogens with zero attached hydrogens (tertiary/aromatic N) is 3. The molecule has 21 heavy (non-hydrogen) atoms. The van der Waals surface area contributed by atoms with Gasteiger partial charge in [-0.2, -0.15) is 10.4 Å². The number of para-hydroxylation sites is 1. The molecular formula is C16H18N4O. The quantitative estimate of drug-likeness (QED) is 0.916. The van der Waals surface area contributed by atoms with Crippen molar-refractivity contribution in [3.63, 3.8) is 0 Å². The molecule has 2 aromatic rings. The van der Waals surface area contributed by atoms with Gasteiger partial charge >= 0.3 is 0 Å². The van der Waals surface area contributed by atoms with E-state index in [1.165, 1.54) is 0 Å². The van der Waals surface area contributed by atoms with Crippen molar-refractivity contribution >= 4 is 11.6 Å². The number of aryl methyl sites for hydroxylation is 2. The number of amides is 1. The van der Waals surface area contributed by atoms with Gasteiger partial charge in [-0.25, -0.2) is 0 Å².